The number of rotatable bonds is 0. The molecule has 0 spiro atoms. The number of hydrogen-bond donors (Lipinski definition) is 0. The minimum Gasteiger partial charge on any atom is -0.212 e. The molecule has 0 fully saturated rings. The lowest BCUT2D eigenvalue weighted by Gasteiger charge is -2.13. The van der Waals surface area contributed by atoms with Gasteiger partial charge in [-0.2, -0.15) is 15.8 Å². The van der Waals surface area contributed by atoms with Crippen LogP contribution in [0.15, 0.2) is 23.2 Å². The van der Waals surface area contributed by atoms with Crippen molar-refractivity contribution in [3.05, 3.63) is 23.2 Å². The molecule has 1 heterocycles. The molecule has 0 aromatic rings. The van der Waals surface area contributed by atoms with Crippen molar-refractivity contribution in [2.45, 2.75) is 5.82 Å². The SMILES string of the molecule is N#CB1C(C#N)=CC=C(C#N)C1C#N. The molecule has 62 valence electrons. The number of allylic oxidation sites excluding steroid dienone is 4. The van der Waals surface area contributed by atoms with Gasteiger partial charge in [0.05, 0.1) is 24.0 Å². The zero-order chi connectivity index (χ0) is 10.6. The average Bonchev–Trinajstić information content (AvgIpc) is 2.26. The smallest absolute Gasteiger partial charge is 0.212 e. The van der Waals surface area contributed by atoms with Gasteiger partial charge in [0, 0.05) is 17.0 Å². The highest BCUT2D eigenvalue weighted by Crippen LogP contribution is 2.27. The lowest BCUT2D eigenvalue weighted by molar-refractivity contribution is 1.22. The second-order valence-electron chi connectivity index (χ2n) is 2.68. The molecule has 0 aliphatic carbocycles. The van der Waals surface area contributed by atoms with Crippen molar-refractivity contribution in [3.63, 3.8) is 0 Å². The molecule has 0 bridgehead atoms. The maximum Gasteiger partial charge on any atom is 0.334 e. The molecule has 1 aliphatic rings. The molecule has 0 radical (unpaired) electrons. The first-order valence-electron chi connectivity index (χ1n) is 3.79. The van der Waals surface area contributed by atoms with E-state index in [4.69, 9.17) is 21.0 Å². The average molecular weight is 178 g/mol. The summed E-state index contributed by atoms with van der Waals surface area (Å²) >= 11 is 0. The number of nitrogens with zero attached hydrogens (tertiary/aromatic N) is 4. The van der Waals surface area contributed by atoms with E-state index in [0.29, 0.717) is 0 Å². The van der Waals surface area contributed by atoms with Gasteiger partial charge in [-0.05, 0) is 6.08 Å². The first kappa shape index (κ1) is 9.59. The molecule has 0 N–H and O–H groups in total. The molecule has 14 heavy (non-hydrogen) atoms. The largest absolute Gasteiger partial charge is 0.334 e. The van der Waals surface area contributed by atoms with Crippen molar-refractivity contribution in [3.8, 4) is 24.2 Å². The monoisotopic (exact) mass is 178 g/mol. The van der Waals surface area contributed by atoms with Crippen LogP contribution in [0.5, 0.6) is 0 Å². The van der Waals surface area contributed by atoms with Crippen molar-refractivity contribution >= 4 is 6.71 Å². The maximum absolute atomic E-state index is 8.78. The Bertz CT molecular complexity index is 429. The third-order valence-electron chi connectivity index (χ3n) is 1.98. The van der Waals surface area contributed by atoms with E-state index in [-0.39, 0.29) is 11.0 Å². The highest BCUT2D eigenvalue weighted by Gasteiger charge is 2.35. The van der Waals surface area contributed by atoms with Gasteiger partial charge in [-0.25, -0.2) is 5.26 Å². The van der Waals surface area contributed by atoms with Crippen LogP contribution in [-0.2, 0) is 0 Å². The Hall–Kier alpha value is -2.50. The lowest BCUT2D eigenvalue weighted by atomic mass is 9.35. The van der Waals surface area contributed by atoms with Crippen LogP contribution in [0.1, 0.15) is 0 Å². The van der Waals surface area contributed by atoms with E-state index in [1.165, 1.54) is 12.2 Å². The molecule has 1 rings (SSSR count). The van der Waals surface area contributed by atoms with Crippen LogP contribution in [0.25, 0.3) is 0 Å². The van der Waals surface area contributed by atoms with Gasteiger partial charge in [-0.15, -0.1) is 0 Å². The highest BCUT2D eigenvalue weighted by atomic mass is 14.3. The fourth-order valence-electron chi connectivity index (χ4n) is 1.25. The van der Waals surface area contributed by atoms with Crippen LogP contribution in [0.2, 0.25) is 5.82 Å². The molecule has 0 aromatic carbocycles. The fraction of sp³-hybridized carbons (Fsp3) is 0.111. The van der Waals surface area contributed by atoms with Gasteiger partial charge in [0.2, 0.25) is 0 Å². The van der Waals surface area contributed by atoms with Gasteiger partial charge in [0.25, 0.3) is 0 Å². The summed E-state index contributed by atoms with van der Waals surface area (Å²) in [5.41, 5.74) is 0.469. The van der Waals surface area contributed by atoms with E-state index >= 15 is 0 Å². The molecule has 1 unspecified atom stereocenters. The zero-order valence-corrected chi connectivity index (χ0v) is 7.10. The van der Waals surface area contributed by atoms with E-state index in [2.05, 4.69) is 0 Å². The van der Waals surface area contributed by atoms with Crippen molar-refractivity contribution in [2.75, 3.05) is 0 Å². The summed E-state index contributed by atoms with van der Waals surface area (Å²) in [4.78, 5) is 0. The van der Waals surface area contributed by atoms with Crippen LogP contribution in [-0.4, -0.2) is 6.71 Å². The van der Waals surface area contributed by atoms with Crippen LogP contribution >= 0.6 is 0 Å². The van der Waals surface area contributed by atoms with Crippen LogP contribution in [0, 0.1) is 45.2 Å². The fourth-order valence-corrected chi connectivity index (χ4v) is 1.25. The van der Waals surface area contributed by atoms with Gasteiger partial charge >= 0.3 is 6.71 Å². The van der Waals surface area contributed by atoms with Crippen LogP contribution in [0.4, 0.5) is 0 Å². The molecule has 0 saturated heterocycles. The molecular weight excluding hydrogens is 175 g/mol. The first-order chi connectivity index (χ1) is 6.78. The van der Waals surface area contributed by atoms with Crippen molar-refractivity contribution in [1.82, 2.24) is 0 Å². The van der Waals surface area contributed by atoms with Crippen molar-refractivity contribution in [1.29, 1.82) is 21.0 Å². The van der Waals surface area contributed by atoms with Gasteiger partial charge < -0.3 is 0 Å². The predicted molar refractivity (Wildman–Crippen MR) is 48.1 cm³/mol. The maximum atomic E-state index is 8.78. The van der Waals surface area contributed by atoms with E-state index in [1.807, 2.05) is 24.2 Å². The van der Waals surface area contributed by atoms with E-state index in [0.717, 1.165) is 0 Å². The molecule has 4 nitrogen and oxygen atoms in total. The Labute approximate surface area is 81.7 Å². The normalized spacial score (nSPS) is 19.1. The lowest BCUT2D eigenvalue weighted by Crippen LogP contribution is -2.24. The summed E-state index contributed by atoms with van der Waals surface area (Å²) in [6.45, 7) is -0.815. The molecular formula is C9H3BN4. The second kappa shape index (κ2) is 3.95. The minimum absolute atomic E-state index is 0.234. The minimum atomic E-state index is -0.815. The second-order valence-corrected chi connectivity index (χ2v) is 2.68. The standard InChI is InChI=1S/C9H3BN4/c11-3-7-1-2-8(4-12)10(6-14)9(7)5-13/h1-2,9H. The molecule has 1 atom stereocenters. The Morgan fingerprint density at radius 3 is 2.21 bits per heavy atom. The predicted octanol–water partition coefficient (Wildman–Crippen LogP) is 0.891. The summed E-state index contributed by atoms with van der Waals surface area (Å²) < 4.78 is 0. The third kappa shape index (κ3) is 1.36. The van der Waals surface area contributed by atoms with Gasteiger partial charge in [-0.3, -0.25) is 0 Å². The van der Waals surface area contributed by atoms with Crippen LogP contribution in [0.3, 0.4) is 0 Å². The van der Waals surface area contributed by atoms with E-state index in [9.17, 15) is 0 Å². The Morgan fingerprint density at radius 2 is 1.79 bits per heavy atom. The Balaban J connectivity index is 3.24. The molecule has 0 saturated carbocycles. The quantitative estimate of drug-likeness (QED) is 0.514. The Morgan fingerprint density at radius 1 is 1.07 bits per heavy atom. The first-order valence-corrected chi connectivity index (χ1v) is 3.79. The van der Waals surface area contributed by atoms with Crippen molar-refractivity contribution < 1.29 is 0 Å². The number of hydrogen-bond acceptors (Lipinski definition) is 4. The van der Waals surface area contributed by atoms with Gasteiger partial charge in [0.15, 0.2) is 0 Å². The van der Waals surface area contributed by atoms with E-state index in [1.54, 1.807) is 0 Å². The van der Waals surface area contributed by atoms with E-state index < -0.39 is 12.5 Å². The van der Waals surface area contributed by atoms with Gasteiger partial charge in [-0.1, -0.05) is 6.08 Å². The summed E-state index contributed by atoms with van der Waals surface area (Å²) in [6.07, 6.45) is 2.83. The third-order valence-corrected chi connectivity index (χ3v) is 1.98. The highest BCUT2D eigenvalue weighted by molar-refractivity contribution is 6.78. The summed E-state index contributed by atoms with van der Waals surface area (Å²) in [7, 11) is 0. The Kier molecular flexibility index (Phi) is 2.70. The molecule has 5 heteroatoms. The molecule has 0 amide bonds. The molecule has 1 aliphatic heterocycles. The molecule has 0 aromatic heterocycles. The van der Waals surface area contributed by atoms with Crippen LogP contribution < -0.4 is 0 Å². The van der Waals surface area contributed by atoms with Gasteiger partial charge in [0.1, 0.15) is 0 Å². The zero-order valence-electron chi connectivity index (χ0n) is 7.10. The number of nitriles is 4. The summed E-state index contributed by atoms with van der Waals surface area (Å²) in [5.74, 6) is 1.05. The summed E-state index contributed by atoms with van der Waals surface area (Å²) in [6, 6.07) is 5.56. The van der Waals surface area contributed by atoms with Crippen molar-refractivity contribution in [2.24, 2.45) is 0 Å². The topological polar surface area (TPSA) is 95.2 Å². The summed E-state index contributed by atoms with van der Waals surface area (Å²) in [5, 5.41) is 34.9.